The van der Waals surface area contributed by atoms with Gasteiger partial charge in [0.1, 0.15) is 12.0 Å². The molecular formula is C19H19FN4O7S. The number of hydrogen-bond acceptors (Lipinski definition) is 7. The van der Waals surface area contributed by atoms with E-state index >= 15 is 0 Å². The summed E-state index contributed by atoms with van der Waals surface area (Å²) in [5.41, 5.74) is 0.337. The van der Waals surface area contributed by atoms with Crippen molar-refractivity contribution in [2.24, 2.45) is 0 Å². The van der Waals surface area contributed by atoms with Crippen LogP contribution in [0.15, 0.2) is 53.4 Å². The summed E-state index contributed by atoms with van der Waals surface area (Å²) in [6.45, 7) is -0.192. The summed E-state index contributed by atoms with van der Waals surface area (Å²) in [7, 11) is -4.05. The summed E-state index contributed by atoms with van der Waals surface area (Å²) in [4.78, 5) is 33.9. The predicted molar refractivity (Wildman–Crippen MR) is 108 cm³/mol. The van der Waals surface area contributed by atoms with Gasteiger partial charge in [-0.15, -0.1) is 0 Å². The minimum Gasteiger partial charge on any atom is -0.359 e. The standard InChI is InChI=1S/C19H19FN4O7S/c20-14-3-1-13(2-4-14)11-21-18(25)19(26)22-12-17-23(9-10-31-17)32(29,30)16-7-5-15(6-8-16)24(27)28/h1-8,17H,9-12H2,(H,21,25)(H,22,26). The molecule has 0 saturated carbocycles. The first-order valence-corrected chi connectivity index (χ1v) is 10.8. The Labute approximate surface area is 182 Å². The van der Waals surface area contributed by atoms with E-state index in [4.69, 9.17) is 4.74 Å². The van der Waals surface area contributed by atoms with Crippen LogP contribution in [0.2, 0.25) is 0 Å². The van der Waals surface area contributed by atoms with E-state index in [2.05, 4.69) is 10.6 Å². The SMILES string of the molecule is O=C(NCc1ccc(F)cc1)C(=O)NCC1OCCN1S(=O)(=O)c1ccc([N+](=O)[O-])cc1. The number of non-ortho nitro benzene ring substituents is 1. The van der Waals surface area contributed by atoms with Crippen LogP contribution in [0.1, 0.15) is 5.56 Å². The Hall–Kier alpha value is -3.42. The fourth-order valence-electron chi connectivity index (χ4n) is 2.94. The number of benzene rings is 2. The number of sulfonamides is 1. The Morgan fingerprint density at radius 3 is 2.34 bits per heavy atom. The molecule has 3 rings (SSSR count). The molecule has 170 valence electrons. The maximum atomic E-state index is 12.9. The molecule has 1 atom stereocenters. The smallest absolute Gasteiger partial charge is 0.309 e. The Morgan fingerprint density at radius 2 is 1.72 bits per heavy atom. The third-order valence-electron chi connectivity index (χ3n) is 4.61. The molecule has 0 radical (unpaired) electrons. The molecule has 1 aliphatic heterocycles. The third kappa shape index (κ3) is 5.43. The molecule has 0 bridgehead atoms. The molecule has 0 spiro atoms. The molecule has 1 heterocycles. The van der Waals surface area contributed by atoms with Crippen LogP contribution in [0.25, 0.3) is 0 Å². The molecule has 2 aromatic carbocycles. The Balaban J connectivity index is 1.56. The fourth-order valence-corrected chi connectivity index (χ4v) is 4.45. The lowest BCUT2D eigenvalue weighted by Crippen LogP contribution is -2.47. The fraction of sp³-hybridized carbons (Fsp3) is 0.263. The number of carbonyl (C=O) groups is 2. The van der Waals surface area contributed by atoms with Crippen LogP contribution in [0.5, 0.6) is 0 Å². The molecule has 11 nitrogen and oxygen atoms in total. The number of ether oxygens (including phenoxy) is 1. The van der Waals surface area contributed by atoms with E-state index < -0.39 is 38.8 Å². The van der Waals surface area contributed by atoms with Crippen LogP contribution >= 0.6 is 0 Å². The number of nitrogens with zero attached hydrogens (tertiary/aromatic N) is 2. The van der Waals surface area contributed by atoms with Crippen LogP contribution in [0.4, 0.5) is 10.1 Å². The minimum atomic E-state index is -4.05. The molecule has 1 unspecified atom stereocenters. The molecular weight excluding hydrogens is 447 g/mol. The first-order chi connectivity index (χ1) is 15.2. The van der Waals surface area contributed by atoms with Gasteiger partial charge in [-0.2, -0.15) is 4.31 Å². The molecule has 2 amide bonds. The highest BCUT2D eigenvalue weighted by molar-refractivity contribution is 7.89. The molecule has 0 aromatic heterocycles. The third-order valence-corrected chi connectivity index (χ3v) is 6.51. The van der Waals surface area contributed by atoms with Gasteiger partial charge in [0.05, 0.1) is 23.0 Å². The number of hydrogen-bond donors (Lipinski definition) is 2. The van der Waals surface area contributed by atoms with Crippen molar-refractivity contribution in [3.05, 3.63) is 70.0 Å². The number of carbonyl (C=O) groups excluding carboxylic acids is 2. The highest BCUT2D eigenvalue weighted by atomic mass is 32.2. The largest absolute Gasteiger partial charge is 0.359 e. The van der Waals surface area contributed by atoms with Crippen molar-refractivity contribution >= 4 is 27.5 Å². The Bertz CT molecular complexity index is 1110. The highest BCUT2D eigenvalue weighted by Crippen LogP contribution is 2.24. The van der Waals surface area contributed by atoms with E-state index in [0.717, 1.165) is 28.6 Å². The van der Waals surface area contributed by atoms with Gasteiger partial charge in [-0.05, 0) is 29.8 Å². The topological polar surface area (TPSA) is 148 Å². The van der Waals surface area contributed by atoms with Crippen molar-refractivity contribution in [3.63, 3.8) is 0 Å². The van der Waals surface area contributed by atoms with Crippen LogP contribution < -0.4 is 10.6 Å². The lowest BCUT2D eigenvalue weighted by molar-refractivity contribution is -0.384. The van der Waals surface area contributed by atoms with Crippen molar-refractivity contribution in [1.29, 1.82) is 0 Å². The van der Waals surface area contributed by atoms with Gasteiger partial charge in [-0.1, -0.05) is 12.1 Å². The average Bonchev–Trinajstić information content (AvgIpc) is 3.26. The summed E-state index contributed by atoms with van der Waals surface area (Å²) in [6.07, 6.45) is -1.05. The number of halogens is 1. The number of nitro groups is 1. The van der Waals surface area contributed by atoms with Gasteiger partial charge in [0.25, 0.3) is 5.69 Å². The van der Waals surface area contributed by atoms with E-state index in [0.29, 0.717) is 5.56 Å². The van der Waals surface area contributed by atoms with E-state index in [1.54, 1.807) is 0 Å². The first kappa shape index (κ1) is 23.2. The number of nitrogens with one attached hydrogen (secondary N) is 2. The molecule has 1 saturated heterocycles. The van der Waals surface area contributed by atoms with Crippen LogP contribution in [-0.4, -0.2) is 55.4 Å². The second kappa shape index (κ2) is 9.80. The highest BCUT2D eigenvalue weighted by Gasteiger charge is 2.36. The van der Waals surface area contributed by atoms with Gasteiger partial charge in [-0.3, -0.25) is 19.7 Å². The Kier molecular flexibility index (Phi) is 7.12. The van der Waals surface area contributed by atoms with Gasteiger partial charge >= 0.3 is 11.8 Å². The van der Waals surface area contributed by atoms with Crippen molar-refractivity contribution in [2.45, 2.75) is 17.7 Å². The van der Waals surface area contributed by atoms with Crippen LogP contribution in [-0.2, 0) is 30.9 Å². The van der Waals surface area contributed by atoms with Crippen molar-refractivity contribution < 1.29 is 32.1 Å². The molecule has 1 fully saturated rings. The second-order valence-electron chi connectivity index (χ2n) is 6.71. The molecule has 2 aromatic rings. The monoisotopic (exact) mass is 466 g/mol. The lowest BCUT2D eigenvalue weighted by atomic mass is 10.2. The summed E-state index contributed by atoms with van der Waals surface area (Å²) >= 11 is 0. The summed E-state index contributed by atoms with van der Waals surface area (Å²) < 4.78 is 45.0. The van der Waals surface area contributed by atoms with E-state index in [9.17, 15) is 32.5 Å². The quantitative estimate of drug-likeness (QED) is 0.343. The van der Waals surface area contributed by atoms with Gasteiger partial charge in [0, 0.05) is 25.2 Å². The molecule has 32 heavy (non-hydrogen) atoms. The van der Waals surface area contributed by atoms with Crippen LogP contribution in [0, 0.1) is 15.9 Å². The number of nitro benzene ring substituents is 1. The normalized spacial score (nSPS) is 16.5. The maximum absolute atomic E-state index is 12.9. The predicted octanol–water partition coefficient (Wildman–Crippen LogP) is 0.514. The lowest BCUT2D eigenvalue weighted by Gasteiger charge is -2.22. The zero-order valence-electron chi connectivity index (χ0n) is 16.6. The van der Waals surface area contributed by atoms with Gasteiger partial charge in [0.2, 0.25) is 10.0 Å². The van der Waals surface area contributed by atoms with Crippen LogP contribution in [0.3, 0.4) is 0 Å². The van der Waals surface area contributed by atoms with Gasteiger partial charge < -0.3 is 15.4 Å². The zero-order valence-corrected chi connectivity index (χ0v) is 17.4. The number of rotatable bonds is 7. The summed E-state index contributed by atoms with van der Waals surface area (Å²) in [5, 5.41) is 15.4. The second-order valence-corrected chi connectivity index (χ2v) is 8.60. The van der Waals surface area contributed by atoms with E-state index in [1.807, 2.05) is 0 Å². The van der Waals surface area contributed by atoms with E-state index in [1.165, 1.54) is 24.3 Å². The minimum absolute atomic E-state index is 0.00705. The molecule has 2 N–H and O–H groups in total. The Morgan fingerprint density at radius 1 is 1.09 bits per heavy atom. The van der Waals surface area contributed by atoms with E-state index in [-0.39, 0.29) is 36.8 Å². The molecule has 0 aliphatic carbocycles. The first-order valence-electron chi connectivity index (χ1n) is 9.37. The molecule has 13 heteroatoms. The average molecular weight is 466 g/mol. The summed E-state index contributed by atoms with van der Waals surface area (Å²) in [6, 6.07) is 9.74. The van der Waals surface area contributed by atoms with Gasteiger partial charge in [-0.25, -0.2) is 12.8 Å². The zero-order chi connectivity index (χ0) is 23.3. The van der Waals surface area contributed by atoms with Crippen molar-refractivity contribution in [3.8, 4) is 0 Å². The maximum Gasteiger partial charge on any atom is 0.309 e. The van der Waals surface area contributed by atoms with Gasteiger partial charge in [0.15, 0.2) is 0 Å². The number of amides is 2. The van der Waals surface area contributed by atoms with Crippen molar-refractivity contribution in [2.75, 3.05) is 19.7 Å². The van der Waals surface area contributed by atoms with Crippen molar-refractivity contribution in [1.82, 2.24) is 14.9 Å². The summed E-state index contributed by atoms with van der Waals surface area (Å²) in [5.74, 6) is -2.37. The molecule has 1 aliphatic rings.